The number of hydrogen-bond donors (Lipinski definition) is 1. The molecule has 1 aliphatic heterocycles. The van der Waals surface area contributed by atoms with Crippen molar-refractivity contribution in [3.63, 3.8) is 0 Å². The van der Waals surface area contributed by atoms with E-state index < -0.39 is 0 Å². The van der Waals surface area contributed by atoms with Gasteiger partial charge in [0.2, 0.25) is 5.91 Å². The first kappa shape index (κ1) is 15.4. The Balaban J connectivity index is 1.86. The molecule has 0 atom stereocenters. The largest absolute Gasteiger partial charge is 0.339 e. The smallest absolute Gasteiger partial charge is 0.236 e. The number of nitrogens with zero attached hydrogens (tertiary/aromatic N) is 2. The molecule has 0 spiro atoms. The van der Waals surface area contributed by atoms with E-state index in [2.05, 4.69) is 21.2 Å². The normalized spacial score (nSPS) is 15.7. The van der Waals surface area contributed by atoms with E-state index in [9.17, 15) is 9.18 Å². The zero-order valence-electron chi connectivity index (χ0n) is 11.5. The Morgan fingerprint density at radius 1 is 1.45 bits per heavy atom. The van der Waals surface area contributed by atoms with Crippen LogP contribution in [0, 0.1) is 5.82 Å². The number of nitrogens with one attached hydrogen (secondary N) is 1. The van der Waals surface area contributed by atoms with Crippen molar-refractivity contribution in [2.24, 2.45) is 0 Å². The van der Waals surface area contributed by atoms with Gasteiger partial charge in [0.25, 0.3) is 0 Å². The van der Waals surface area contributed by atoms with Crippen molar-refractivity contribution < 1.29 is 9.18 Å². The van der Waals surface area contributed by atoms with Gasteiger partial charge in [0, 0.05) is 32.7 Å². The highest BCUT2D eigenvalue weighted by Gasteiger charge is 2.17. The molecule has 0 unspecified atom stereocenters. The maximum absolute atomic E-state index is 13.4. The molecule has 1 fully saturated rings. The fraction of sp³-hybridized carbons (Fsp3) is 0.500. The number of rotatable bonds is 4. The number of hydrogen-bond acceptors (Lipinski definition) is 3. The van der Waals surface area contributed by atoms with E-state index in [4.69, 9.17) is 0 Å². The Morgan fingerprint density at radius 2 is 2.15 bits per heavy atom. The Hall–Kier alpha value is -0.980. The third-order valence-electron chi connectivity index (χ3n) is 3.31. The monoisotopic (exact) mass is 343 g/mol. The highest BCUT2D eigenvalue weighted by atomic mass is 79.9. The Morgan fingerprint density at radius 3 is 2.80 bits per heavy atom. The van der Waals surface area contributed by atoms with Crippen LogP contribution in [-0.2, 0) is 11.3 Å². The van der Waals surface area contributed by atoms with E-state index in [-0.39, 0.29) is 11.7 Å². The lowest BCUT2D eigenvalue weighted by molar-refractivity contribution is -0.132. The highest BCUT2D eigenvalue weighted by Crippen LogP contribution is 2.17. The SMILES string of the molecule is CN(CC(=O)N1CCNCC1)Cc1ccc(Br)c(F)c1. The van der Waals surface area contributed by atoms with Gasteiger partial charge in [-0.25, -0.2) is 4.39 Å². The summed E-state index contributed by atoms with van der Waals surface area (Å²) in [4.78, 5) is 15.9. The number of carbonyl (C=O) groups excluding carboxylic acids is 1. The van der Waals surface area contributed by atoms with Gasteiger partial charge < -0.3 is 10.2 Å². The molecule has 2 rings (SSSR count). The Kier molecular flexibility index (Phi) is 5.51. The van der Waals surface area contributed by atoms with Crippen LogP contribution in [0.4, 0.5) is 4.39 Å². The van der Waals surface area contributed by atoms with Crippen molar-refractivity contribution >= 4 is 21.8 Å². The molecule has 1 aromatic carbocycles. The summed E-state index contributed by atoms with van der Waals surface area (Å²) in [7, 11) is 1.88. The van der Waals surface area contributed by atoms with Crippen LogP contribution in [-0.4, -0.2) is 55.5 Å². The van der Waals surface area contributed by atoms with Crippen molar-refractivity contribution in [2.75, 3.05) is 39.8 Å². The molecular formula is C14H19BrFN3O. The highest BCUT2D eigenvalue weighted by molar-refractivity contribution is 9.10. The van der Waals surface area contributed by atoms with Crippen LogP contribution in [0.5, 0.6) is 0 Å². The molecule has 1 N–H and O–H groups in total. The molecule has 1 amide bonds. The van der Waals surface area contributed by atoms with E-state index in [1.54, 1.807) is 6.07 Å². The van der Waals surface area contributed by atoms with Crippen molar-refractivity contribution in [3.8, 4) is 0 Å². The number of benzene rings is 1. The minimum atomic E-state index is -0.274. The fourth-order valence-electron chi connectivity index (χ4n) is 2.25. The van der Waals surface area contributed by atoms with Gasteiger partial charge in [-0.1, -0.05) is 6.07 Å². The van der Waals surface area contributed by atoms with Gasteiger partial charge in [-0.15, -0.1) is 0 Å². The summed E-state index contributed by atoms with van der Waals surface area (Å²) in [5.74, 6) is -0.143. The molecule has 6 heteroatoms. The van der Waals surface area contributed by atoms with E-state index in [0.29, 0.717) is 17.6 Å². The molecule has 110 valence electrons. The van der Waals surface area contributed by atoms with Crippen molar-refractivity contribution in [1.82, 2.24) is 15.1 Å². The third kappa shape index (κ3) is 4.26. The summed E-state index contributed by atoms with van der Waals surface area (Å²) >= 11 is 3.13. The Labute approximate surface area is 127 Å². The average molecular weight is 344 g/mol. The summed E-state index contributed by atoms with van der Waals surface area (Å²) in [6.07, 6.45) is 0. The van der Waals surface area contributed by atoms with Crippen LogP contribution in [0.25, 0.3) is 0 Å². The molecule has 0 bridgehead atoms. The second-order valence-electron chi connectivity index (χ2n) is 5.05. The minimum Gasteiger partial charge on any atom is -0.339 e. The molecule has 0 aromatic heterocycles. The summed E-state index contributed by atoms with van der Waals surface area (Å²) in [6, 6.07) is 5.05. The van der Waals surface area contributed by atoms with Crippen LogP contribution in [0.1, 0.15) is 5.56 Å². The van der Waals surface area contributed by atoms with Gasteiger partial charge in [0.1, 0.15) is 5.82 Å². The van der Waals surface area contributed by atoms with Gasteiger partial charge >= 0.3 is 0 Å². The zero-order valence-corrected chi connectivity index (χ0v) is 13.1. The molecule has 0 saturated carbocycles. The molecule has 20 heavy (non-hydrogen) atoms. The third-order valence-corrected chi connectivity index (χ3v) is 3.95. The fourth-order valence-corrected chi connectivity index (χ4v) is 2.50. The predicted octanol–water partition coefficient (Wildman–Crippen LogP) is 1.45. The van der Waals surface area contributed by atoms with Crippen LogP contribution in [0.15, 0.2) is 22.7 Å². The van der Waals surface area contributed by atoms with Gasteiger partial charge in [0.05, 0.1) is 11.0 Å². The lowest BCUT2D eigenvalue weighted by Gasteiger charge is -2.29. The maximum atomic E-state index is 13.4. The minimum absolute atomic E-state index is 0.131. The van der Waals surface area contributed by atoms with Crippen LogP contribution in [0.3, 0.4) is 0 Å². The Bertz CT molecular complexity index is 477. The van der Waals surface area contributed by atoms with Gasteiger partial charge in [-0.05, 0) is 40.7 Å². The molecule has 1 aliphatic rings. The number of amides is 1. The molecule has 4 nitrogen and oxygen atoms in total. The van der Waals surface area contributed by atoms with Crippen molar-refractivity contribution in [1.29, 1.82) is 0 Å². The predicted molar refractivity (Wildman–Crippen MR) is 79.9 cm³/mol. The van der Waals surface area contributed by atoms with E-state index in [0.717, 1.165) is 31.7 Å². The standard InChI is InChI=1S/C14H19BrFN3O/c1-18(9-11-2-3-12(15)13(16)8-11)10-14(20)19-6-4-17-5-7-19/h2-3,8,17H,4-7,9-10H2,1H3. The lowest BCUT2D eigenvalue weighted by atomic mass is 10.2. The zero-order chi connectivity index (χ0) is 14.5. The van der Waals surface area contributed by atoms with E-state index in [1.807, 2.05) is 22.9 Å². The van der Waals surface area contributed by atoms with Gasteiger partial charge in [-0.2, -0.15) is 0 Å². The molecular weight excluding hydrogens is 325 g/mol. The maximum Gasteiger partial charge on any atom is 0.236 e. The van der Waals surface area contributed by atoms with Crippen LogP contribution < -0.4 is 5.32 Å². The summed E-state index contributed by atoms with van der Waals surface area (Å²) < 4.78 is 13.9. The second kappa shape index (κ2) is 7.15. The summed E-state index contributed by atoms with van der Waals surface area (Å²) in [5.41, 5.74) is 0.862. The summed E-state index contributed by atoms with van der Waals surface area (Å²) in [6.45, 7) is 4.15. The first-order chi connectivity index (χ1) is 9.56. The molecule has 1 heterocycles. The molecule has 0 aliphatic carbocycles. The first-order valence-corrected chi connectivity index (χ1v) is 7.46. The molecule has 1 saturated heterocycles. The van der Waals surface area contributed by atoms with Crippen molar-refractivity contribution in [2.45, 2.75) is 6.54 Å². The number of halogens is 2. The second-order valence-corrected chi connectivity index (χ2v) is 5.91. The van der Waals surface area contributed by atoms with Gasteiger partial charge in [0.15, 0.2) is 0 Å². The number of likely N-dealkylation sites (N-methyl/N-ethyl adjacent to an activating group) is 1. The lowest BCUT2D eigenvalue weighted by Crippen LogP contribution is -2.49. The van der Waals surface area contributed by atoms with Gasteiger partial charge in [-0.3, -0.25) is 9.69 Å². The van der Waals surface area contributed by atoms with Crippen molar-refractivity contribution in [3.05, 3.63) is 34.1 Å². The quantitative estimate of drug-likeness (QED) is 0.898. The average Bonchev–Trinajstić information content (AvgIpc) is 2.44. The topological polar surface area (TPSA) is 35.6 Å². The van der Waals surface area contributed by atoms with Crippen LogP contribution >= 0.6 is 15.9 Å². The number of piperazine rings is 1. The summed E-state index contributed by atoms with van der Waals surface area (Å²) in [5, 5.41) is 3.22. The molecule has 0 radical (unpaired) electrons. The first-order valence-electron chi connectivity index (χ1n) is 6.67. The molecule has 1 aromatic rings. The van der Waals surface area contributed by atoms with E-state index in [1.165, 1.54) is 6.07 Å². The van der Waals surface area contributed by atoms with Crippen LogP contribution in [0.2, 0.25) is 0 Å². The number of carbonyl (C=O) groups is 1. The van der Waals surface area contributed by atoms with E-state index >= 15 is 0 Å².